The number of nitrogens with one attached hydrogen (secondary N) is 2. The molecule has 2 aromatic carbocycles. The molecule has 2 N–H and O–H groups in total. The molecule has 4 rings (SSSR count). The lowest BCUT2D eigenvalue weighted by Crippen LogP contribution is -2.45. The molecule has 0 aromatic heterocycles. The summed E-state index contributed by atoms with van der Waals surface area (Å²) in [5.74, 6) is -0.356. The minimum Gasteiger partial charge on any atom is -0.492 e. The second-order valence-electron chi connectivity index (χ2n) is 8.42. The number of nitrogens with zero attached hydrogens (tertiary/aromatic N) is 2. The summed E-state index contributed by atoms with van der Waals surface area (Å²) in [4.78, 5) is 55.0. The summed E-state index contributed by atoms with van der Waals surface area (Å²) >= 11 is 2.58. The van der Waals surface area contributed by atoms with Gasteiger partial charge in [-0.05, 0) is 48.5 Å². The molecule has 2 atom stereocenters. The first-order valence-corrected chi connectivity index (χ1v) is 14.4. The third kappa shape index (κ3) is 8.05. The van der Waals surface area contributed by atoms with Crippen molar-refractivity contribution in [1.82, 2.24) is 10.6 Å². The third-order valence-corrected chi connectivity index (χ3v) is 8.29. The van der Waals surface area contributed by atoms with Crippen LogP contribution in [-0.4, -0.2) is 73.1 Å². The van der Waals surface area contributed by atoms with Crippen molar-refractivity contribution in [1.29, 1.82) is 0 Å². The van der Waals surface area contributed by atoms with E-state index in [-0.39, 0.29) is 26.4 Å². The van der Waals surface area contributed by atoms with Crippen molar-refractivity contribution < 1.29 is 48.4 Å². The highest BCUT2D eigenvalue weighted by Crippen LogP contribution is 2.42. The summed E-state index contributed by atoms with van der Waals surface area (Å²) in [5, 5.41) is 22.2. The fourth-order valence-corrected chi connectivity index (χ4v) is 6.24. The maximum atomic E-state index is 13.0. The van der Waals surface area contributed by atoms with Crippen LogP contribution in [0.2, 0.25) is 0 Å². The van der Waals surface area contributed by atoms with Crippen LogP contribution in [0, 0.1) is 20.2 Å². The molecule has 16 nitrogen and oxygen atoms in total. The Morgan fingerprint density at radius 2 is 1.07 bits per heavy atom. The standard InChI is InChI=1S/C24H26N4O12S2/c29-21(39-23(25-9-15-41-23)17-1-5-19(6-2-17)35-11-13-37-27(31)32)22(30)40-24(26-10-16-42-24)18-3-7-20(8-4-18)36-12-14-38-28(33)34/h1-8,25-26H,9-16H2. The van der Waals surface area contributed by atoms with E-state index in [2.05, 4.69) is 20.3 Å². The quantitative estimate of drug-likeness (QED) is 0.100. The van der Waals surface area contributed by atoms with Gasteiger partial charge in [0, 0.05) is 35.7 Å². The van der Waals surface area contributed by atoms with Crippen LogP contribution in [-0.2, 0) is 38.9 Å². The third-order valence-electron chi connectivity index (χ3n) is 5.74. The van der Waals surface area contributed by atoms with Gasteiger partial charge in [0.25, 0.3) is 10.2 Å². The zero-order valence-electron chi connectivity index (χ0n) is 21.9. The van der Waals surface area contributed by atoms with Crippen LogP contribution < -0.4 is 20.1 Å². The second kappa shape index (κ2) is 14.3. The maximum Gasteiger partial charge on any atom is 0.420 e. The molecule has 0 bridgehead atoms. The number of benzene rings is 2. The first-order chi connectivity index (χ1) is 20.2. The second-order valence-corrected chi connectivity index (χ2v) is 11.0. The van der Waals surface area contributed by atoms with Crippen LogP contribution in [0.3, 0.4) is 0 Å². The topological polar surface area (TPSA) is 200 Å². The van der Waals surface area contributed by atoms with Gasteiger partial charge in [-0.25, -0.2) is 9.59 Å². The van der Waals surface area contributed by atoms with E-state index in [4.69, 9.17) is 18.9 Å². The summed E-state index contributed by atoms with van der Waals surface area (Å²) in [6.45, 7) is 0.478. The molecule has 2 unspecified atom stereocenters. The maximum absolute atomic E-state index is 13.0. The first-order valence-electron chi connectivity index (χ1n) is 12.5. The smallest absolute Gasteiger partial charge is 0.420 e. The van der Waals surface area contributed by atoms with Crippen LogP contribution >= 0.6 is 23.5 Å². The highest BCUT2D eigenvalue weighted by atomic mass is 32.2. The van der Waals surface area contributed by atoms with E-state index in [0.717, 1.165) is 0 Å². The van der Waals surface area contributed by atoms with Gasteiger partial charge < -0.3 is 28.6 Å². The van der Waals surface area contributed by atoms with Crippen LogP contribution in [0.25, 0.3) is 0 Å². The van der Waals surface area contributed by atoms with Gasteiger partial charge in [-0.2, -0.15) is 0 Å². The Morgan fingerprint density at radius 1 is 0.690 bits per heavy atom. The van der Waals surface area contributed by atoms with E-state index in [0.29, 0.717) is 47.2 Å². The first kappa shape index (κ1) is 30.9. The Labute approximate surface area is 246 Å². The van der Waals surface area contributed by atoms with Gasteiger partial charge >= 0.3 is 11.9 Å². The summed E-state index contributed by atoms with van der Waals surface area (Å²) in [7, 11) is 0. The van der Waals surface area contributed by atoms with Gasteiger partial charge in [-0.1, -0.05) is 23.5 Å². The van der Waals surface area contributed by atoms with E-state index < -0.39 is 32.2 Å². The van der Waals surface area contributed by atoms with Crippen LogP contribution in [0.1, 0.15) is 11.1 Å². The predicted octanol–water partition coefficient (Wildman–Crippen LogP) is 1.54. The summed E-state index contributed by atoms with van der Waals surface area (Å²) in [6.07, 6.45) is 0. The molecule has 2 heterocycles. The van der Waals surface area contributed by atoms with Crippen molar-refractivity contribution in [3.63, 3.8) is 0 Å². The Morgan fingerprint density at radius 3 is 1.38 bits per heavy atom. The zero-order chi connectivity index (χ0) is 30.0. The number of carbonyl (C=O) groups excluding carboxylic acids is 2. The monoisotopic (exact) mass is 626 g/mol. The molecule has 0 radical (unpaired) electrons. The molecular weight excluding hydrogens is 600 g/mol. The van der Waals surface area contributed by atoms with Crippen molar-refractivity contribution in [3.8, 4) is 11.5 Å². The van der Waals surface area contributed by atoms with Gasteiger partial charge in [-0.3, -0.25) is 10.6 Å². The predicted molar refractivity (Wildman–Crippen MR) is 146 cm³/mol. The van der Waals surface area contributed by atoms with Crippen molar-refractivity contribution in [2.24, 2.45) is 0 Å². The van der Waals surface area contributed by atoms with Crippen LogP contribution in [0.4, 0.5) is 0 Å². The van der Waals surface area contributed by atoms with E-state index in [1.807, 2.05) is 0 Å². The molecule has 2 fully saturated rings. The van der Waals surface area contributed by atoms with E-state index in [1.54, 1.807) is 48.5 Å². The molecule has 2 aliphatic heterocycles. The van der Waals surface area contributed by atoms with E-state index >= 15 is 0 Å². The fraction of sp³-hybridized carbons (Fsp3) is 0.417. The molecule has 0 spiro atoms. The molecule has 0 saturated carbocycles. The Balaban J connectivity index is 1.38. The van der Waals surface area contributed by atoms with Crippen molar-refractivity contribution in [3.05, 3.63) is 79.9 Å². The van der Waals surface area contributed by atoms with Crippen molar-refractivity contribution >= 4 is 35.5 Å². The molecule has 18 heteroatoms. The van der Waals surface area contributed by atoms with Crippen molar-refractivity contribution in [2.45, 2.75) is 10.1 Å². The molecule has 2 saturated heterocycles. The van der Waals surface area contributed by atoms with Gasteiger partial charge in [0.2, 0.25) is 10.1 Å². The molecule has 0 amide bonds. The minimum absolute atomic E-state index is 0.0399. The number of esters is 2. The largest absolute Gasteiger partial charge is 0.492 e. The number of rotatable bonds is 14. The van der Waals surface area contributed by atoms with Gasteiger partial charge in [-0.15, -0.1) is 20.2 Å². The normalized spacial score (nSPS) is 21.2. The lowest BCUT2D eigenvalue weighted by Gasteiger charge is -2.31. The van der Waals surface area contributed by atoms with Gasteiger partial charge in [0.05, 0.1) is 0 Å². The van der Waals surface area contributed by atoms with Gasteiger partial charge in [0.15, 0.2) is 0 Å². The summed E-state index contributed by atoms with van der Waals surface area (Å²) in [6, 6.07) is 13.0. The van der Waals surface area contributed by atoms with E-state index in [1.165, 1.54) is 23.5 Å². The SMILES string of the molecule is O=C(OC1(c2ccc(OCCO[N+](=O)[O-])cc2)NCCS1)C(=O)OC1(c2ccc(OCCO[N+](=O)[O-])cc2)NCCS1. The number of hydrogen-bond donors (Lipinski definition) is 2. The lowest BCUT2D eigenvalue weighted by molar-refractivity contribution is -0.757. The van der Waals surface area contributed by atoms with Crippen LogP contribution in [0.15, 0.2) is 48.5 Å². The average molecular weight is 627 g/mol. The van der Waals surface area contributed by atoms with Gasteiger partial charge in [0.1, 0.15) is 37.9 Å². The summed E-state index contributed by atoms with van der Waals surface area (Å²) < 4.78 is 22.2. The molecule has 2 aromatic rings. The zero-order valence-corrected chi connectivity index (χ0v) is 23.5. The average Bonchev–Trinajstić information content (AvgIpc) is 3.65. The molecule has 2 aliphatic rings. The molecular formula is C24H26N4O12S2. The van der Waals surface area contributed by atoms with Crippen molar-refractivity contribution in [2.75, 3.05) is 51.0 Å². The number of hydrogen-bond acceptors (Lipinski definition) is 16. The highest BCUT2D eigenvalue weighted by molar-refractivity contribution is 8.00. The lowest BCUT2D eigenvalue weighted by atomic mass is 10.2. The Kier molecular flexibility index (Phi) is 10.5. The Bertz CT molecular complexity index is 1160. The van der Waals surface area contributed by atoms with E-state index in [9.17, 15) is 29.8 Å². The molecule has 42 heavy (non-hydrogen) atoms. The molecule has 0 aliphatic carbocycles. The minimum atomic E-state index is -1.34. The number of carbonyl (C=O) groups is 2. The summed E-state index contributed by atoms with van der Waals surface area (Å²) in [5.41, 5.74) is 1.09. The fourth-order valence-electron chi connectivity index (χ4n) is 3.97. The highest BCUT2D eigenvalue weighted by Gasteiger charge is 2.46. The molecule has 226 valence electrons. The Hall–Kier alpha value is -4.00. The number of ether oxygens (including phenoxy) is 4. The van der Waals surface area contributed by atoms with Crippen LogP contribution in [0.5, 0.6) is 11.5 Å². The number of thioether (sulfide) groups is 2.